The topological polar surface area (TPSA) is 104 Å². The van der Waals surface area contributed by atoms with Crippen molar-refractivity contribution in [1.29, 1.82) is 0 Å². The molecule has 0 atom stereocenters. The smallest absolute Gasteiger partial charge is 0.296 e. The molecule has 0 unspecified atom stereocenters. The third kappa shape index (κ3) is 2.83. The van der Waals surface area contributed by atoms with Gasteiger partial charge in [-0.3, -0.25) is 10.1 Å². The Bertz CT molecular complexity index is 944. The maximum atomic E-state index is 11.0. The zero-order chi connectivity index (χ0) is 17.3. The van der Waals surface area contributed by atoms with Crippen LogP contribution in [0, 0.1) is 10.1 Å². The van der Waals surface area contributed by atoms with Gasteiger partial charge in [0.25, 0.3) is 5.69 Å². The molecular formula is C17H16N4O3. The molecule has 0 radical (unpaired) electrons. The minimum atomic E-state index is -0.514. The fourth-order valence-electron chi connectivity index (χ4n) is 2.45. The van der Waals surface area contributed by atoms with Crippen LogP contribution in [0.2, 0.25) is 0 Å². The summed E-state index contributed by atoms with van der Waals surface area (Å²) in [6.07, 6.45) is 0. The van der Waals surface area contributed by atoms with Crippen molar-refractivity contribution in [2.45, 2.75) is 19.8 Å². The highest BCUT2D eigenvalue weighted by Crippen LogP contribution is 2.38. The standard InChI is InChI=1S/C17H16N4O3/c1-10(2)11-7-8-13-12(9-11)16(17(22)18-13)20-19-14-5-3-4-6-15(14)21(23)24/h3-10,18,22H,1-2H3. The van der Waals surface area contributed by atoms with E-state index in [1.165, 1.54) is 12.1 Å². The van der Waals surface area contributed by atoms with E-state index in [9.17, 15) is 15.2 Å². The van der Waals surface area contributed by atoms with Gasteiger partial charge in [-0.2, -0.15) is 0 Å². The van der Waals surface area contributed by atoms with Crippen molar-refractivity contribution in [2.24, 2.45) is 10.2 Å². The maximum absolute atomic E-state index is 11.0. The van der Waals surface area contributed by atoms with Crippen LogP contribution in [0.15, 0.2) is 52.7 Å². The fourth-order valence-corrected chi connectivity index (χ4v) is 2.45. The SMILES string of the molecule is CC(C)c1ccc2[nH]c(O)c(N=Nc3ccccc3[N+](=O)[O-])c2c1. The largest absolute Gasteiger partial charge is 0.493 e. The normalized spacial score (nSPS) is 11.6. The molecular weight excluding hydrogens is 308 g/mol. The Balaban J connectivity index is 2.08. The molecule has 7 heteroatoms. The number of aromatic nitrogens is 1. The number of aromatic hydroxyl groups is 1. The lowest BCUT2D eigenvalue weighted by molar-refractivity contribution is -0.384. The van der Waals surface area contributed by atoms with Gasteiger partial charge in [0.2, 0.25) is 5.88 Å². The summed E-state index contributed by atoms with van der Waals surface area (Å²) in [6.45, 7) is 4.14. The first kappa shape index (κ1) is 15.7. The van der Waals surface area contributed by atoms with Crippen LogP contribution < -0.4 is 0 Å². The van der Waals surface area contributed by atoms with Crippen LogP contribution in [0.4, 0.5) is 17.1 Å². The fraction of sp³-hybridized carbons (Fsp3) is 0.176. The van der Waals surface area contributed by atoms with Crippen molar-refractivity contribution in [2.75, 3.05) is 0 Å². The van der Waals surface area contributed by atoms with Crippen LogP contribution in [-0.4, -0.2) is 15.0 Å². The molecule has 0 aliphatic heterocycles. The van der Waals surface area contributed by atoms with E-state index in [0.29, 0.717) is 5.92 Å². The number of fused-ring (bicyclic) bond motifs is 1. The van der Waals surface area contributed by atoms with Crippen molar-refractivity contribution >= 4 is 28.0 Å². The first-order chi connectivity index (χ1) is 11.5. The van der Waals surface area contributed by atoms with E-state index >= 15 is 0 Å². The van der Waals surface area contributed by atoms with Gasteiger partial charge in [0, 0.05) is 11.5 Å². The summed E-state index contributed by atoms with van der Waals surface area (Å²) in [6, 6.07) is 11.9. The average Bonchev–Trinajstić information content (AvgIpc) is 2.87. The molecule has 3 aromatic rings. The number of azo groups is 1. The van der Waals surface area contributed by atoms with Gasteiger partial charge >= 0.3 is 0 Å². The van der Waals surface area contributed by atoms with Crippen molar-refractivity contribution < 1.29 is 10.0 Å². The Kier molecular flexibility index (Phi) is 3.99. The molecule has 0 aliphatic rings. The molecule has 1 heterocycles. The number of rotatable bonds is 4. The third-order valence-corrected chi connectivity index (χ3v) is 3.78. The molecule has 122 valence electrons. The number of nitro groups is 1. The second-order valence-corrected chi connectivity index (χ2v) is 5.73. The number of H-pyrrole nitrogens is 1. The molecule has 7 nitrogen and oxygen atoms in total. The van der Waals surface area contributed by atoms with Gasteiger partial charge in [0.05, 0.1) is 10.4 Å². The summed E-state index contributed by atoms with van der Waals surface area (Å²) in [5, 5.41) is 29.8. The molecule has 24 heavy (non-hydrogen) atoms. The zero-order valence-electron chi connectivity index (χ0n) is 13.2. The van der Waals surface area contributed by atoms with Crippen molar-refractivity contribution in [3.8, 4) is 5.88 Å². The highest BCUT2D eigenvalue weighted by atomic mass is 16.6. The highest BCUT2D eigenvalue weighted by molar-refractivity contribution is 5.94. The van der Waals surface area contributed by atoms with Crippen LogP contribution in [0.1, 0.15) is 25.3 Å². The maximum Gasteiger partial charge on any atom is 0.296 e. The van der Waals surface area contributed by atoms with Crippen LogP contribution in [0.25, 0.3) is 10.9 Å². The minimum Gasteiger partial charge on any atom is -0.493 e. The molecule has 0 amide bonds. The molecule has 2 N–H and O–H groups in total. The Morgan fingerprint density at radius 1 is 1.17 bits per heavy atom. The van der Waals surface area contributed by atoms with Crippen LogP contribution >= 0.6 is 0 Å². The number of aromatic amines is 1. The summed E-state index contributed by atoms with van der Waals surface area (Å²) < 4.78 is 0. The van der Waals surface area contributed by atoms with Gasteiger partial charge in [-0.05, 0) is 29.7 Å². The monoisotopic (exact) mass is 324 g/mol. The Hall–Kier alpha value is -3.22. The lowest BCUT2D eigenvalue weighted by Gasteiger charge is -2.04. The first-order valence-electron chi connectivity index (χ1n) is 7.47. The molecule has 0 spiro atoms. The van der Waals surface area contributed by atoms with Crippen LogP contribution in [0.5, 0.6) is 5.88 Å². The van der Waals surface area contributed by atoms with Gasteiger partial charge in [0.1, 0.15) is 0 Å². The van der Waals surface area contributed by atoms with E-state index in [-0.39, 0.29) is 22.9 Å². The highest BCUT2D eigenvalue weighted by Gasteiger charge is 2.14. The zero-order valence-corrected chi connectivity index (χ0v) is 13.2. The summed E-state index contributed by atoms with van der Waals surface area (Å²) in [5.41, 5.74) is 2.10. The number of nitro benzene ring substituents is 1. The predicted molar refractivity (Wildman–Crippen MR) is 91.3 cm³/mol. The third-order valence-electron chi connectivity index (χ3n) is 3.78. The number of benzene rings is 2. The second-order valence-electron chi connectivity index (χ2n) is 5.73. The average molecular weight is 324 g/mol. The van der Waals surface area contributed by atoms with Gasteiger partial charge in [-0.25, -0.2) is 0 Å². The van der Waals surface area contributed by atoms with Crippen LogP contribution in [0.3, 0.4) is 0 Å². The molecule has 3 rings (SSSR count). The molecule has 0 saturated carbocycles. The van der Waals surface area contributed by atoms with E-state index < -0.39 is 4.92 Å². The van der Waals surface area contributed by atoms with Gasteiger partial charge in [-0.1, -0.05) is 32.0 Å². The van der Waals surface area contributed by atoms with Crippen molar-refractivity contribution in [1.82, 2.24) is 4.98 Å². The first-order valence-corrected chi connectivity index (χ1v) is 7.47. The molecule has 2 aromatic carbocycles. The Morgan fingerprint density at radius 3 is 2.62 bits per heavy atom. The summed E-state index contributed by atoms with van der Waals surface area (Å²) in [4.78, 5) is 13.4. The summed E-state index contributed by atoms with van der Waals surface area (Å²) in [5.74, 6) is 0.208. The van der Waals surface area contributed by atoms with E-state index in [2.05, 4.69) is 29.1 Å². The van der Waals surface area contributed by atoms with Gasteiger partial charge in [-0.15, -0.1) is 10.2 Å². The number of nitrogens with one attached hydrogen (secondary N) is 1. The summed E-state index contributed by atoms with van der Waals surface area (Å²) in [7, 11) is 0. The van der Waals surface area contributed by atoms with Crippen molar-refractivity contribution in [3.63, 3.8) is 0 Å². The Labute approximate surface area is 137 Å². The molecule has 0 bridgehead atoms. The number of para-hydroxylation sites is 1. The lowest BCUT2D eigenvalue weighted by atomic mass is 10.0. The van der Waals surface area contributed by atoms with E-state index in [1.54, 1.807) is 12.1 Å². The lowest BCUT2D eigenvalue weighted by Crippen LogP contribution is -1.87. The van der Waals surface area contributed by atoms with Gasteiger partial charge < -0.3 is 10.1 Å². The number of hydrogen-bond acceptors (Lipinski definition) is 5. The predicted octanol–water partition coefficient (Wildman–Crippen LogP) is 5.32. The number of hydrogen-bond donors (Lipinski definition) is 2. The quantitative estimate of drug-likeness (QED) is 0.385. The summed E-state index contributed by atoms with van der Waals surface area (Å²) >= 11 is 0. The minimum absolute atomic E-state index is 0.117. The molecule has 1 aromatic heterocycles. The molecule has 0 aliphatic carbocycles. The Morgan fingerprint density at radius 2 is 1.92 bits per heavy atom. The van der Waals surface area contributed by atoms with Crippen molar-refractivity contribution in [3.05, 3.63) is 58.1 Å². The number of nitrogens with zero attached hydrogens (tertiary/aromatic N) is 3. The molecule has 0 saturated heterocycles. The van der Waals surface area contributed by atoms with E-state index in [1.807, 2.05) is 18.2 Å². The van der Waals surface area contributed by atoms with E-state index in [0.717, 1.165) is 16.5 Å². The van der Waals surface area contributed by atoms with Crippen LogP contribution in [-0.2, 0) is 0 Å². The molecule has 0 fully saturated rings. The second kappa shape index (κ2) is 6.11. The van der Waals surface area contributed by atoms with Gasteiger partial charge in [0.15, 0.2) is 11.4 Å². The van der Waals surface area contributed by atoms with E-state index in [4.69, 9.17) is 0 Å².